The monoisotopic (exact) mass is 311 g/mol. The van der Waals surface area contributed by atoms with Crippen LogP contribution in [0.1, 0.15) is 29.3 Å². The molecular formula is C19H25N3O. The van der Waals surface area contributed by atoms with Gasteiger partial charge in [-0.3, -0.25) is 0 Å². The van der Waals surface area contributed by atoms with Crippen LogP contribution in [0.25, 0.3) is 0 Å². The Balaban J connectivity index is 2.29. The first kappa shape index (κ1) is 17.0. The number of aromatic nitrogens is 1. The zero-order chi connectivity index (χ0) is 17.0. The van der Waals surface area contributed by atoms with Crippen LogP contribution >= 0.6 is 0 Å². The lowest BCUT2D eigenvalue weighted by atomic mass is 10.1. The van der Waals surface area contributed by atoms with Gasteiger partial charge in [0.1, 0.15) is 5.75 Å². The van der Waals surface area contributed by atoms with Crippen LogP contribution in [0, 0.1) is 27.7 Å². The molecule has 1 aromatic heterocycles. The topological polar surface area (TPSA) is 37.7 Å². The number of hydrogen-bond acceptors (Lipinski definition) is 3. The fourth-order valence-corrected chi connectivity index (χ4v) is 2.07. The number of aryl methyl sites for hydroxylation is 4. The molecule has 0 atom stereocenters. The highest BCUT2D eigenvalue weighted by molar-refractivity contribution is 5.63. The van der Waals surface area contributed by atoms with E-state index in [1.807, 2.05) is 51.2 Å². The van der Waals surface area contributed by atoms with Gasteiger partial charge in [0.15, 0.2) is 0 Å². The lowest BCUT2D eigenvalue weighted by Gasteiger charge is -2.13. The molecule has 0 fully saturated rings. The highest BCUT2D eigenvalue weighted by atomic mass is 16.5. The van der Waals surface area contributed by atoms with Gasteiger partial charge in [0, 0.05) is 19.2 Å². The minimum atomic E-state index is 0.638. The predicted molar refractivity (Wildman–Crippen MR) is 96.2 cm³/mol. The Labute approximate surface area is 138 Å². The maximum absolute atomic E-state index is 6.03. The number of pyridine rings is 1. The predicted octanol–water partition coefficient (Wildman–Crippen LogP) is 4.72. The average molecular weight is 311 g/mol. The molecule has 0 aliphatic rings. The van der Waals surface area contributed by atoms with Crippen LogP contribution in [-0.2, 0) is 0 Å². The number of ether oxygens (including phenoxy) is 1. The fraction of sp³-hybridized carbons (Fsp3) is 0.368. The van der Waals surface area contributed by atoms with Gasteiger partial charge in [-0.15, -0.1) is 0 Å². The Kier molecular flexibility index (Phi) is 5.37. The van der Waals surface area contributed by atoms with Gasteiger partial charge in [0.2, 0.25) is 5.88 Å². The summed E-state index contributed by atoms with van der Waals surface area (Å²) in [4.78, 5) is 11.1. The largest absolute Gasteiger partial charge is 0.438 e. The molecule has 0 amide bonds. The first-order valence-corrected chi connectivity index (χ1v) is 7.88. The second-order valence-electron chi connectivity index (χ2n) is 5.90. The van der Waals surface area contributed by atoms with E-state index in [0.717, 1.165) is 34.8 Å². The third-order valence-electron chi connectivity index (χ3n) is 3.77. The molecule has 0 aliphatic carbocycles. The molecule has 122 valence electrons. The number of rotatable bonds is 5. The van der Waals surface area contributed by atoms with Crippen LogP contribution in [0.5, 0.6) is 11.6 Å². The highest BCUT2D eigenvalue weighted by Gasteiger charge is 2.09. The zero-order valence-electron chi connectivity index (χ0n) is 14.8. The van der Waals surface area contributed by atoms with Gasteiger partial charge >= 0.3 is 0 Å². The molecule has 4 heteroatoms. The Morgan fingerprint density at radius 3 is 2.57 bits per heavy atom. The number of aliphatic imine (C=N–C) groups is 1. The lowest BCUT2D eigenvalue weighted by Crippen LogP contribution is -2.14. The molecule has 2 aromatic rings. The van der Waals surface area contributed by atoms with Gasteiger partial charge in [-0.1, -0.05) is 12.1 Å². The molecule has 0 radical (unpaired) electrons. The second kappa shape index (κ2) is 7.27. The van der Waals surface area contributed by atoms with E-state index in [1.165, 1.54) is 5.56 Å². The number of nitrogens with zero attached hydrogens (tertiary/aromatic N) is 3. The van der Waals surface area contributed by atoms with Crippen LogP contribution in [0.2, 0.25) is 0 Å². The minimum Gasteiger partial charge on any atom is -0.438 e. The van der Waals surface area contributed by atoms with Crippen LogP contribution in [-0.4, -0.2) is 29.8 Å². The van der Waals surface area contributed by atoms with Crippen molar-refractivity contribution in [1.82, 2.24) is 9.88 Å². The van der Waals surface area contributed by atoms with Crippen LogP contribution in [0.4, 0.5) is 5.69 Å². The van der Waals surface area contributed by atoms with E-state index in [0.29, 0.717) is 5.88 Å². The van der Waals surface area contributed by atoms with Crippen molar-refractivity contribution in [3.05, 3.63) is 46.6 Å². The van der Waals surface area contributed by atoms with Crippen molar-refractivity contribution in [2.75, 3.05) is 13.6 Å². The average Bonchev–Trinajstić information content (AvgIpc) is 2.52. The molecule has 0 bridgehead atoms. The number of benzene rings is 1. The molecular weight excluding hydrogens is 286 g/mol. The smallest absolute Gasteiger partial charge is 0.222 e. The third kappa shape index (κ3) is 4.31. The summed E-state index contributed by atoms with van der Waals surface area (Å²) in [5, 5.41) is 0. The molecule has 4 nitrogen and oxygen atoms in total. The van der Waals surface area contributed by atoms with Crippen LogP contribution < -0.4 is 4.74 Å². The molecule has 2 rings (SSSR count). The summed E-state index contributed by atoms with van der Waals surface area (Å²) in [6.45, 7) is 11.0. The van der Waals surface area contributed by atoms with E-state index >= 15 is 0 Å². The van der Waals surface area contributed by atoms with Gasteiger partial charge in [-0.25, -0.2) is 9.98 Å². The molecule has 23 heavy (non-hydrogen) atoms. The second-order valence-corrected chi connectivity index (χ2v) is 5.90. The summed E-state index contributed by atoms with van der Waals surface area (Å²) in [6, 6.07) is 8.19. The first-order valence-electron chi connectivity index (χ1n) is 7.88. The Morgan fingerprint density at radius 2 is 1.87 bits per heavy atom. The lowest BCUT2D eigenvalue weighted by molar-refractivity contribution is 0.454. The summed E-state index contributed by atoms with van der Waals surface area (Å²) in [6.07, 6.45) is 1.83. The van der Waals surface area contributed by atoms with Gasteiger partial charge in [-0.2, -0.15) is 0 Å². The molecule has 1 heterocycles. The van der Waals surface area contributed by atoms with Crippen molar-refractivity contribution in [2.24, 2.45) is 4.99 Å². The van der Waals surface area contributed by atoms with Gasteiger partial charge < -0.3 is 9.64 Å². The van der Waals surface area contributed by atoms with E-state index in [1.54, 1.807) is 0 Å². The third-order valence-corrected chi connectivity index (χ3v) is 3.77. The van der Waals surface area contributed by atoms with Gasteiger partial charge in [0.05, 0.1) is 17.7 Å². The van der Waals surface area contributed by atoms with Crippen molar-refractivity contribution in [1.29, 1.82) is 0 Å². The quantitative estimate of drug-likeness (QED) is 0.592. The van der Waals surface area contributed by atoms with Crippen molar-refractivity contribution >= 4 is 12.0 Å². The van der Waals surface area contributed by atoms with Crippen molar-refractivity contribution in [3.8, 4) is 11.6 Å². The summed E-state index contributed by atoms with van der Waals surface area (Å²) in [5.41, 5.74) is 4.97. The molecule has 1 aromatic carbocycles. The highest BCUT2D eigenvalue weighted by Crippen LogP contribution is 2.30. The normalized spacial score (nSPS) is 11.0. The summed E-state index contributed by atoms with van der Waals surface area (Å²) < 4.78 is 6.03. The van der Waals surface area contributed by atoms with Crippen molar-refractivity contribution < 1.29 is 4.74 Å². The number of hydrogen-bond donors (Lipinski definition) is 0. The maximum atomic E-state index is 6.03. The summed E-state index contributed by atoms with van der Waals surface area (Å²) >= 11 is 0. The van der Waals surface area contributed by atoms with Crippen LogP contribution in [0.15, 0.2) is 29.3 Å². The van der Waals surface area contributed by atoms with Crippen molar-refractivity contribution in [3.63, 3.8) is 0 Å². The molecule has 0 N–H and O–H groups in total. The standard InChI is InChI=1S/C19H25N3O/c1-7-22(6)12-20-17-11-15(4)19(21-16(17)5)23-18-10-13(2)8-9-14(18)3/h8-12H,7H2,1-6H3. The van der Waals surface area contributed by atoms with Crippen molar-refractivity contribution in [2.45, 2.75) is 34.6 Å². The minimum absolute atomic E-state index is 0.638. The van der Waals surface area contributed by atoms with Crippen LogP contribution in [0.3, 0.4) is 0 Å². The maximum Gasteiger partial charge on any atom is 0.222 e. The summed E-state index contributed by atoms with van der Waals surface area (Å²) in [5.74, 6) is 1.49. The molecule has 0 aliphatic heterocycles. The Morgan fingerprint density at radius 1 is 1.13 bits per heavy atom. The first-order chi connectivity index (χ1) is 10.9. The summed E-state index contributed by atoms with van der Waals surface area (Å²) in [7, 11) is 2.00. The molecule has 0 unspecified atom stereocenters. The zero-order valence-corrected chi connectivity index (χ0v) is 14.8. The van der Waals surface area contributed by atoms with E-state index in [-0.39, 0.29) is 0 Å². The SMILES string of the molecule is CCN(C)C=Nc1cc(C)c(Oc2cc(C)ccc2C)nc1C. The van der Waals surface area contributed by atoms with Gasteiger partial charge in [-0.05, 0) is 57.9 Å². The Hall–Kier alpha value is -2.36. The molecule has 0 saturated carbocycles. The van der Waals surface area contributed by atoms with E-state index in [9.17, 15) is 0 Å². The fourth-order valence-electron chi connectivity index (χ4n) is 2.07. The van der Waals surface area contributed by atoms with E-state index in [2.05, 4.69) is 36.0 Å². The Bertz CT molecular complexity index is 723. The van der Waals surface area contributed by atoms with E-state index in [4.69, 9.17) is 4.74 Å². The molecule has 0 saturated heterocycles. The van der Waals surface area contributed by atoms with E-state index < -0.39 is 0 Å². The van der Waals surface area contributed by atoms with Gasteiger partial charge in [0.25, 0.3) is 0 Å². The molecule has 0 spiro atoms.